The number of halogens is 1. The molecule has 1 saturated heterocycles. The van der Waals surface area contributed by atoms with Crippen LogP contribution in [0.1, 0.15) is 41.0 Å². The molecule has 0 amide bonds. The van der Waals surface area contributed by atoms with Gasteiger partial charge in [0, 0.05) is 12.1 Å². The first-order chi connectivity index (χ1) is 8.79. The molecule has 5 unspecified atom stereocenters. The first kappa shape index (κ1) is 17.4. The van der Waals surface area contributed by atoms with E-state index < -0.39 is 26.6 Å². The van der Waals surface area contributed by atoms with Crippen molar-refractivity contribution in [1.82, 2.24) is 4.67 Å². The van der Waals surface area contributed by atoms with Crippen molar-refractivity contribution in [1.29, 1.82) is 0 Å². The molecule has 5 atom stereocenters. The van der Waals surface area contributed by atoms with Crippen LogP contribution in [0.15, 0.2) is 0 Å². The van der Waals surface area contributed by atoms with Gasteiger partial charge in [-0.25, -0.2) is 4.39 Å². The maximum Gasteiger partial charge on any atom is 0.146 e. The lowest BCUT2D eigenvalue weighted by molar-refractivity contribution is 0.0400. The van der Waals surface area contributed by atoms with E-state index in [1.54, 1.807) is 0 Å². The minimum atomic E-state index is -1.24. The average molecular weight is 289 g/mol. The van der Waals surface area contributed by atoms with Crippen molar-refractivity contribution in [3.05, 3.63) is 0 Å². The van der Waals surface area contributed by atoms with Gasteiger partial charge in [-0.15, -0.1) is 0 Å². The summed E-state index contributed by atoms with van der Waals surface area (Å²) in [7, 11) is 4.77. The second kappa shape index (κ2) is 7.35. The Labute approximate surface area is 119 Å². The van der Waals surface area contributed by atoms with Gasteiger partial charge in [-0.05, 0) is 40.8 Å². The number of nitrogens with zero attached hydrogens (tertiary/aromatic N) is 1. The third-order valence-corrected chi connectivity index (χ3v) is 5.51. The van der Waals surface area contributed by atoms with Gasteiger partial charge in [0.1, 0.15) is 28.4 Å². The van der Waals surface area contributed by atoms with Gasteiger partial charge < -0.3 is 9.26 Å². The number of hydrogen-bond donors (Lipinski definition) is 0. The van der Waals surface area contributed by atoms with Gasteiger partial charge in [0.2, 0.25) is 0 Å². The quantitative estimate of drug-likeness (QED) is 0.554. The van der Waals surface area contributed by atoms with E-state index in [1.807, 2.05) is 13.6 Å². The minimum Gasteiger partial charge on any atom is -0.379 e. The first-order valence-corrected chi connectivity index (χ1v) is 8.69. The molecule has 3 nitrogen and oxygen atoms in total. The van der Waals surface area contributed by atoms with E-state index in [0.717, 1.165) is 0 Å². The molecule has 0 aromatic rings. The fraction of sp³-hybridized carbons (Fsp3) is 1.00. The fourth-order valence-corrected chi connectivity index (χ4v) is 4.69. The molecule has 2 radical (unpaired) electrons. The zero-order chi connectivity index (χ0) is 14.7. The topological polar surface area (TPSA) is 21.7 Å². The number of ether oxygens (including phenoxy) is 1. The van der Waals surface area contributed by atoms with Crippen molar-refractivity contribution in [2.45, 2.75) is 77.5 Å². The zero-order valence-electron chi connectivity index (χ0n) is 12.8. The second-order valence-electron chi connectivity index (χ2n) is 5.59. The standard InChI is InChI=1S/C13H26BFNO2P/c1-7-10-12(11(15)13(14)17-10)18-19(6)16(8(2)3)9(4)5/h8-13H,7H2,1-6H3. The molecule has 0 spiro atoms. The van der Waals surface area contributed by atoms with Crippen LogP contribution in [0.3, 0.4) is 0 Å². The summed E-state index contributed by atoms with van der Waals surface area (Å²) < 4.78 is 27.7. The van der Waals surface area contributed by atoms with Gasteiger partial charge in [0.25, 0.3) is 0 Å². The van der Waals surface area contributed by atoms with Gasteiger partial charge in [-0.1, -0.05) is 6.92 Å². The summed E-state index contributed by atoms with van der Waals surface area (Å²) in [5, 5.41) is 0. The van der Waals surface area contributed by atoms with Crippen molar-refractivity contribution >= 4 is 16.1 Å². The lowest BCUT2D eigenvalue weighted by Gasteiger charge is -2.37. The van der Waals surface area contributed by atoms with Crippen molar-refractivity contribution in [3.63, 3.8) is 0 Å². The molecule has 1 rings (SSSR count). The highest BCUT2D eigenvalue weighted by Gasteiger charge is 2.44. The Bertz CT molecular complexity index is 275. The molecule has 1 aliphatic rings. The highest BCUT2D eigenvalue weighted by Crippen LogP contribution is 2.45. The van der Waals surface area contributed by atoms with E-state index in [9.17, 15) is 4.39 Å². The van der Waals surface area contributed by atoms with E-state index in [2.05, 4.69) is 32.4 Å². The molecule has 0 bridgehead atoms. The van der Waals surface area contributed by atoms with Gasteiger partial charge in [0.15, 0.2) is 0 Å². The summed E-state index contributed by atoms with van der Waals surface area (Å²) >= 11 is 0. The Morgan fingerprint density at radius 3 is 2.26 bits per heavy atom. The van der Waals surface area contributed by atoms with Crippen LogP contribution in [0, 0.1) is 0 Å². The summed E-state index contributed by atoms with van der Waals surface area (Å²) in [6.45, 7) is 12.5. The van der Waals surface area contributed by atoms with Crippen LogP contribution in [0.4, 0.5) is 4.39 Å². The van der Waals surface area contributed by atoms with E-state index in [1.165, 1.54) is 0 Å². The Balaban J connectivity index is 2.71. The largest absolute Gasteiger partial charge is 0.379 e. The summed E-state index contributed by atoms with van der Waals surface area (Å²) in [5.41, 5.74) is 0. The Hall–Kier alpha value is 0.305. The van der Waals surface area contributed by atoms with Crippen molar-refractivity contribution in [2.75, 3.05) is 6.66 Å². The van der Waals surface area contributed by atoms with Gasteiger partial charge in [-0.3, -0.25) is 4.67 Å². The molecule has 0 N–H and O–H groups in total. The highest BCUT2D eigenvalue weighted by molar-refractivity contribution is 7.49. The van der Waals surface area contributed by atoms with E-state index in [4.69, 9.17) is 17.1 Å². The van der Waals surface area contributed by atoms with Crippen molar-refractivity contribution < 1.29 is 13.7 Å². The monoisotopic (exact) mass is 289 g/mol. The first-order valence-electron chi connectivity index (χ1n) is 7.03. The SMILES string of the molecule is [B]C1OC(CC)C(OP(C)N(C(C)C)C(C)C)C1F. The van der Waals surface area contributed by atoms with Crippen LogP contribution in [0.5, 0.6) is 0 Å². The van der Waals surface area contributed by atoms with Crippen LogP contribution in [-0.2, 0) is 9.26 Å². The van der Waals surface area contributed by atoms with E-state index in [-0.39, 0.29) is 6.10 Å². The van der Waals surface area contributed by atoms with Gasteiger partial charge >= 0.3 is 0 Å². The minimum absolute atomic E-state index is 0.240. The zero-order valence-corrected chi connectivity index (χ0v) is 13.7. The number of alkyl halides is 1. The molecular weight excluding hydrogens is 263 g/mol. The van der Waals surface area contributed by atoms with E-state index in [0.29, 0.717) is 18.5 Å². The van der Waals surface area contributed by atoms with Gasteiger partial charge in [0.05, 0.1) is 12.1 Å². The predicted molar refractivity (Wildman–Crippen MR) is 79.4 cm³/mol. The average Bonchev–Trinajstić information content (AvgIpc) is 2.55. The third kappa shape index (κ3) is 4.14. The molecule has 0 aliphatic carbocycles. The molecule has 1 heterocycles. The molecule has 0 aromatic carbocycles. The normalized spacial score (nSPS) is 33.6. The van der Waals surface area contributed by atoms with Crippen LogP contribution >= 0.6 is 8.30 Å². The lowest BCUT2D eigenvalue weighted by Crippen LogP contribution is -2.37. The lowest BCUT2D eigenvalue weighted by atomic mass is 9.94. The molecule has 110 valence electrons. The molecule has 1 fully saturated rings. The number of hydrogen-bond acceptors (Lipinski definition) is 3. The molecule has 0 aromatic heterocycles. The smallest absolute Gasteiger partial charge is 0.146 e. The molecular formula is C13H26BFNO2P. The molecule has 6 heteroatoms. The molecule has 19 heavy (non-hydrogen) atoms. The van der Waals surface area contributed by atoms with Crippen molar-refractivity contribution in [3.8, 4) is 0 Å². The van der Waals surface area contributed by atoms with Crippen LogP contribution in [0.2, 0.25) is 0 Å². The summed E-state index contributed by atoms with van der Waals surface area (Å²) in [6, 6.07) is -0.125. The number of rotatable bonds is 6. The van der Waals surface area contributed by atoms with Crippen molar-refractivity contribution in [2.24, 2.45) is 0 Å². The molecule has 0 saturated carbocycles. The van der Waals surface area contributed by atoms with Crippen LogP contribution in [0.25, 0.3) is 0 Å². The van der Waals surface area contributed by atoms with Gasteiger partial charge in [-0.2, -0.15) is 0 Å². The summed E-state index contributed by atoms with van der Waals surface area (Å²) in [4.78, 5) is 0. The maximum atomic E-state index is 14.1. The summed E-state index contributed by atoms with van der Waals surface area (Å²) in [6.07, 6.45) is -1.31. The Morgan fingerprint density at radius 1 is 1.32 bits per heavy atom. The second-order valence-corrected chi connectivity index (χ2v) is 7.19. The highest BCUT2D eigenvalue weighted by atomic mass is 31.2. The summed E-state index contributed by atoms with van der Waals surface area (Å²) in [5.74, 6) is 0. The van der Waals surface area contributed by atoms with Crippen LogP contribution in [-0.4, -0.2) is 55.6 Å². The predicted octanol–water partition coefficient (Wildman–Crippen LogP) is 3.07. The fourth-order valence-electron chi connectivity index (χ4n) is 2.68. The Morgan fingerprint density at radius 2 is 1.84 bits per heavy atom. The van der Waals surface area contributed by atoms with E-state index >= 15 is 0 Å². The molecule has 1 aliphatic heterocycles. The Kier molecular flexibility index (Phi) is 6.72. The van der Waals surface area contributed by atoms with Crippen LogP contribution < -0.4 is 0 Å². The third-order valence-electron chi connectivity index (χ3n) is 3.39. The maximum absolute atomic E-state index is 14.1.